The highest BCUT2D eigenvalue weighted by Gasteiger charge is 2.15. The lowest BCUT2D eigenvalue weighted by molar-refractivity contribution is 0.114. The number of ether oxygens (including phenoxy) is 2. The number of nitrogens with zero attached hydrogens (tertiary/aromatic N) is 1. The van der Waals surface area contributed by atoms with Crippen molar-refractivity contribution in [2.75, 3.05) is 33.4 Å². The molecule has 0 aliphatic carbocycles. The van der Waals surface area contributed by atoms with Gasteiger partial charge in [-0.1, -0.05) is 11.6 Å². The highest BCUT2D eigenvalue weighted by atomic mass is 35.5. The Morgan fingerprint density at radius 2 is 2.30 bits per heavy atom. The molecule has 0 aromatic heterocycles. The van der Waals surface area contributed by atoms with Crippen molar-refractivity contribution in [3.63, 3.8) is 0 Å². The van der Waals surface area contributed by atoms with Gasteiger partial charge in [0.25, 0.3) is 0 Å². The van der Waals surface area contributed by atoms with Gasteiger partial charge in [-0.2, -0.15) is 0 Å². The van der Waals surface area contributed by atoms with E-state index in [-0.39, 0.29) is 0 Å². The quantitative estimate of drug-likeness (QED) is 0.455. The van der Waals surface area contributed by atoms with Gasteiger partial charge in [0.1, 0.15) is 5.75 Å². The average molecular weight is 340 g/mol. The molecule has 0 saturated carbocycles. The summed E-state index contributed by atoms with van der Waals surface area (Å²) in [6.07, 6.45) is 3.48. The molecule has 1 saturated heterocycles. The van der Waals surface area contributed by atoms with Crippen molar-refractivity contribution in [2.45, 2.75) is 32.3 Å². The largest absolute Gasteiger partial charge is 0.493 e. The fourth-order valence-corrected chi connectivity index (χ4v) is 2.70. The number of hydrogen-bond acceptors (Lipinski definition) is 3. The zero-order chi connectivity index (χ0) is 16.5. The molecule has 128 valence electrons. The van der Waals surface area contributed by atoms with E-state index in [0.717, 1.165) is 61.3 Å². The van der Waals surface area contributed by atoms with Gasteiger partial charge in [0.15, 0.2) is 5.96 Å². The first-order chi connectivity index (χ1) is 11.2. The number of aryl methyl sites for hydroxylation is 1. The van der Waals surface area contributed by atoms with Crippen LogP contribution in [0.5, 0.6) is 5.75 Å². The molecule has 0 radical (unpaired) electrons. The van der Waals surface area contributed by atoms with Crippen LogP contribution in [0.15, 0.2) is 23.2 Å². The maximum Gasteiger partial charge on any atom is 0.191 e. The molecule has 0 spiro atoms. The number of aliphatic imine (C=N–C) groups is 1. The predicted molar refractivity (Wildman–Crippen MR) is 94.6 cm³/mol. The zero-order valence-corrected chi connectivity index (χ0v) is 14.7. The Hall–Kier alpha value is -1.46. The normalized spacial score (nSPS) is 18.0. The molecule has 5 nitrogen and oxygen atoms in total. The Morgan fingerprint density at radius 3 is 3.00 bits per heavy atom. The van der Waals surface area contributed by atoms with Gasteiger partial charge in [0.05, 0.1) is 12.7 Å². The molecule has 6 heteroatoms. The van der Waals surface area contributed by atoms with Gasteiger partial charge in [0, 0.05) is 31.8 Å². The van der Waals surface area contributed by atoms with E-state index in [1.54, 1.807) is 7.05 Å². The van der Waals surface area contributed by atoms with E-state index in [9.17, 15) is 0 Å². The van der Waals surface area contributed by atoms with Crippen LogP contribution in [0.25, 0.3) is 0 Å². The third-order valence-electron chi connectivity index (χ3n) is 3.75. The van der Waals surface area contributed by atoms with Gasteiger partial charge < -0.3 is 20.1 Å². The third-order valence-corrected chi connectivity index (χ3v) is 3.99. The van der Waals surface area contributed by atoms with Gasteiger partial charge >= 0.3 is 0 Å². The highest BCUT2D eigenvalue weighted by molar-refractivity contribution is 6.30. The van der Waals surface area contributed by atoms with Crippen LogP contribution in [0, 0.1) is 6.92 Å². The van der Waals surface area contributed by atoms with Crippen molar-refractivity contribution in [1.29, 1.82) is 0 Å². The molecule has 2 rings (SSSR count). The van der Waals surface area contributed by atoms with E-state index in [1.165, 1.54) is 0 Å². The van der Waals surface area contributed by atoms with Crippen molar-refractivity contribution >= 4 is 17.6 Å². The summed E-state index contributed by atoms with van der Waals surface area (Å²) < 4.78 is 11.4. The Balaban J connectivity index is 1.59. The Labute approximate surface area is 143 Å². The minimum Gasteiger partial charge on any atom is -0.493 e. The van der Waals surface area contributed by atoms with E-state index >= 15 is 0 Å². The average Bonchev–Trinajstić information content (AvgIpc) is 3.05. The van der Waals surface area contributed by atoms with Crippen molar-refractivity contribution in [3.8, 4) is 5.75 Å². The minimum absolute atomic E-state index is 0.310. The second-order valence-electron chi connectivity index (χ2n) is 5.63. The minimum atomic E-state index is 0.310. The van der Waals surface area contributed by atoms with Crippen LogP contribution in [-0.4, -0.2) is 45.4 Å². The third kappa shape index (κ3) is 6.28. The molecule has 1 unspecified atom stereocenters. The molecule has 1 aromatic rings. The first-order valence-corrected chi connectivity index (χ1v) is 8.52. The van der Waals surface area contributed by atoms with Crippen LogP contribution in [0.1, 0.15) is 24.8 Å². The molecular weight excluding hydrogens is 314 g/mol. The van der Waals surface area contributed by atoms with Gasteiger partial charge in [0.2, 0.25) is 0 Å². The van der Waals surface area contributed by atoms with Crippen LogP contribution in [0.2, 0.25) is 5.02 Å². The van der Waals surface area contributed by atoms with E-state index in [2.05, 4.69) is 15.6 Å². The number of nitrogens with one attached hydrogen (secondary N) is 2. The van der Waals surface area contributed by atoms with E-state index in [4.69, 9.17) is 21.1 Å². The predicted octanol–water partition coefficient (Wildman–Crippen LogP) is 2.76. The van der Waals surface area contributed by atoms with Crippen LogP contribution < -0.4 is 15.4 Å². The smallest absolute Gasteiger partial charge is 0.191 e. The van der Waals surface area contributed by atoms with Gasteiger partial charge in [-0.25, -0.2) is 0 Å². The first-order valence-electron chi connectivity index (χ1n) is 8.14. The van der Waals surface area contributed by atoms with Crippen molar-refractivity contribution in [1.82, 2.24) is 10.6 Å². The highest BCUT2D eigenvalue weighted by Crippen LogP contribution is 2.21. The zero-order valence-electron chi connectivity index (χ0n) is 13.9. The molecule has 1 atom stereocenters. The lowest BCUT2D eigenvalue weighted by Crippen LogP contribution is -2.41. The first kappa shape index (κ1) is 17.9. The standard InChI is InChI=1S/C17H26ClN3O2/c1-13-11-14(18)6-7-16(13)23-10-4-8-20-17(19-2)21-12-15-5-3-9-22-15/h6-7,11,15H,3-5,8-10,12H2,1-2H3,(H2,19,20,21). The maximum atomic E-state index is 5.93. The lowest BCUT2D eigenvalue weighted by Gasteiger charge is -2.15. The number of benzene rings is 1. The summed E-state index contributed by atoms with van der Waals surface area (Å²) in [6, 6.07) is 5.66. The molecule has 2 N–H and O–H groups in total. The molecule has 1 aliphatic heterocycles. The molecule has 1 fully saturated rings. The maximum absolute atomic E-state index is 5.93. The fourth-order valence-electron chi connectivity index (χ4n) is 2.47. The summed E-state index contributed by atoms with van der Waals surface area (Å²) in [6.45, 7) is 5.13. The topological polar surface area (TPSA) is 54.9 Å². The number of halogens is 1. The molecule has 1 aliphatic rings. The Kier molecular flexibility index (Phi) is 7.49. The van der Waals surface area contributed by atoms with Crippen LogP contribution in [0.4, 0.5) is 0 Å². The molecule has 1 heterocycles. The molecular formula is C17H26ClN3O2. The van der Waals surface area contributed by atoms with Gasteiger partial charge in [-0.3, -0.25) is 4.99 Å². The summed E-state index contributed by atoms with van der Waals surface area (Å²) in [7, 11) is 1.78. The van der Waals surface area contributed by atoms with Gasteiger partial charge in [-0.05, 0) is 49.9 Å². The monoisotopic (exact) mass is 339 g/mol. The SMILES string of the molecule is CN=C(NCCCOc1ccc(Cl)cc1C)NCC1CCCO1. The Bertz CT molecular complexity index is 517. The van der Waals surface area contributed by atoms with Crippen LogP contribution >= 0.6 is 11.6 Å². The summed E-state index contributed by atoms with van der Waals surface area (Å²) in [5, 5.41) is 7.31. The summed E-state index contributed by atoms with van der Waals surface area (Å²) in [4.78, 5) is 4.21. The molecule has 0 amide bonds. The second-order valence-corrected chi connectivity index (χ2v) is 6.06. The van der Waals surface area contributed by atoms with Crippen LogP contribution in [0.3, 0.4) is 0 Å². The number of rotatable bonds is 7. The molecule has 23 heavy (non-hydrogen) atoms. The van der Waals surface area contributed by atoms with Crippen molar-refractivity contribution in [3.05, 3.63) is 28.8 Å². The summed E-state index contributed by atoms with van der Waals surface area (Å²) >= 11 is 5.93. The lowest BCUT2D eigenvalue weighted by atomic mass is 10.2. The van der Waals surface area contributed by atoms with Crippen molar-refractivity contribution < 1.29 is 9.47 Å². The van der Waals surface area contributed by atoms with E-state index < -0.39 is 0 Å². The Morgan fingerprint density at radius 1 is 1.43 bits per heavy atom. The van der Waals surface area contributed by atoms with Gasteiger partial charge in [-0.15, -0.1) is 0 Å². The van der Waals surface area contributed by atoms with E-state index in [1.807, 2.05) is 25.1 Å². The molecule has 0 bridgehead atoms. The summed E-state index contributed by atoms with van der Waals surface area (Å²) in [5.74, 6) is 1.69. The van der Waals surface area contributed by atoms with Crippen molar-refractivity contribution in [2.24, 2.45) is 4.99 Å². The van der Waals surface area contributed by atoms with E-state index in [0.29, 0.717) is 12.7 Å². The fraction of sp³-hybridized carbons (Fsp3) is 0.588. The molecule has 1 aromatic carbocycles. The number of hydrogen-bond donors (Lipinski definition) is 2. The summed E-state index contributed by atoms with van der Waals surface area (Å²) in [5.41, 5.74) is 1.06. The van der Waals surface area contributed by atoms with Crippen LogP contribution in [-0.2, 0) is 4.74 Å². The second kappa shape index (κ2) is 9.63. The number of guanidine groups is 1.